The molecule has 2 aliphatic rings. The maximum Gasteiger partial charge on any atom is 0.320 e. The first-order valence-electron chi connectivity index (χ1n) is 7.93. The topological polar surface area (TPSA) is 69.6 Å². The number of rotatable bonds is 4. The van der Waals surface area contributed by atoms with Gasteiger partial charge in [0.25, 0.3) is 0 Å². The van der Waals surface area contributed by atoms with Crippen molar-refractivity contribution in [2.75, 3.05) is 13.1 Å². The van der Waals surface area contributed by atoms with Crippen LogP contribution in [0.1, 0.15) is 57.8 Å². The van der Waals surface area contributed by atoms with E-state index in [1.165, 1.54) is 32.1 Å². The van der Waals surface area contributed by atoms with Crippen molar-refractivity contribution < 1.29 is 14.7 Å². The van der Waals surface area contributed by atoms with Crippen molar-refractivity contribution in [1.82, 2.24) is 10.2 Å². The van der Waals surface area contributed by atoms with Gasteiger partial charge in [0.2, 0.25) is 5.91 Å². The molecule has 20 heavy (non-hydrogen) atoms. The molecule has 0 aromatic carbocycles. The maximum atomic E-state index is 12.1. The van der Waals surface area contributed by atoms with Gasteiger partial charge >= 0.3 is 5.97 Å². The van der Waals surface area contributed by atoms with E-state index in [9.17, 15) is 9.59 Å². The number of nitrogens with zero attached hydrogens (tertiary/aromatic N) is 1. The lowest BCUT2D eigenvalue weighted by molar-refractivity contribution is -0.142. The van der Waals surface area contributed by atoms with Crippen molar-refractivity contribution in [3.8, 4) is 0 Å². The zero-order chi connectivity index (χ0) is 14.4. The van der Waals surface area contributed by atoms with E-state index in [1.807, 2.05) is 0 Å². The van der Waals surface area contributed by atoms with Crippen LogP contribution in [0.3, 0.4) is 0 Å². The van der Waals surface area contributed by atoms with Crippen LogP contribution in [0.2, 0.25) is 0 Å². The highest BCUT2D eigenvalue weighted by molar-refractivity contribution is 5.80. The van der Waals surface area contributed by atoms with Crippen LogP contribution < -0.4 is 5.32 Å². The second-order valence-electron chi connectivity index (χ2n) is 6.08. The molecule has 0 spiro atoms. The van der Waals surface area contributed by atoms with Gasteiger partial charge in [-0.1, -0.05) is 32.1 Å². The van der Waals surface area contributed by atoms with Crippen LogP contribution >= 0.6 is 0 Å². The molecule has 5 heteroatoms. The number of carboxylic acid groups (broad SMARTS) is 1. The van der Waals surface area contributed by atoms with Crippen molar-refractivity contribution in [2.24, 2.45) is 0 Å². The number of aliphatic carboxylic acids is 1. The number of carboxylic acids is 1. The van der Waals surface area contributed by atoms with Crippen LogP contribution in [0.4, 0.5) is 0 Å². The summed E-state index contributed by atoms with van der Waals surface area (Å²) >= 11 is 0. The summed E-state index contributed by atoms with van der Waals surface area (Å²) in [5.41, 5.74) is 0. The first-order chi connectivity index (χ1) is 9.66. The summed E-state index contributed by atoms with van der Waals surface area (Å²) in [6.45, 7) is 0.947. The van der Waals surface area contributed by atoms with Gasteiger partial charge in [0, 0.05) is 6.04 Å². The Morgan fingerprint density at radius 1 is 1.00 bits per heavy atom. The SMILES string of the molecule is O=C(CN1CCC[C@H]1C(=O)O)NC1CCCCCCC1. The number of likely N-dealkylation sites (tertiary alicyclic amines) is 1. The molecule has 0 unspecified atom stereocenters. The zero-order valence-corrected chi connectivity index (χ0v) is 12.1. The van der Waals surface area contributed by atoms with E-state index in [4.69, 9.17) is 5.11 Å². The molecular formula is C15H26N2O3. The van der Waals surface area contributed by atoms with Crippen LogP contribution in [0, 0.1) is 0 Å². The minimum Gasteiger partial charge on any atom is -0.480 e. The minimum absolute atomic E-state index is 0.0104. The highest BCUT2D eigenvalue weighted by Crippen LogP contribution is 2.18. The molecule has 1 aliphatic heterocycles. The standard InChI is InChI=1S/C15H26N2O3/c18-14(11-17-10-6-9-13(17)15(19)20)16-12-7-4-2-1-3-5-8-12/h12-13H,1-11H2,(H,16,18)(H,19,20)/t13-/m0/s1. The Labute approximate surface area is 120 Å². The number of carbonyl (C=O) groups is 2. The molecule has 2 fully saturated rings. The predicted octanol–water partition coefficient (Wildman–Crippen LogP) is 1.76. The number of amides is 1. The molecule has 1 saturated heterocycles. The average Bonchev–Trinajstić information content (AvgIpc) is 2.80. The summed E-state index contributed by atoms with van der Waals surface area (Å²) in [7, 11) is 0. The lowest BCUT2D eigenvalue weighted by Crippen LogP contribution is -2.45. The lowest BCUT2D eigenvalue weighted by Gasteiger charge is -2.24. The first kappa shape index (κ1) is 15.3. The maximum absolute atomic E-state index is 12.1. The molecule has 1 amide bonds. The second kappa shape index (κ2) is 7.62. The molecule has 1 heterocycles. The molecule has 0 aromatic rings. The van der Waals surface area contributed by atoms with Crippen LogP contribution in [0.5, 0.6) is 0 Å². The Morgan fingerprint density at radius 3 is 2.30 bits per heavy atom. The number of nitrogens with one attached hydrogen (secondary N) is 1. The molecule has 2 N–H and O–H groups in total. The quantitative estimate of drug-likeness (QED) is 0.824. The fraction of sp³-hybridized carbons (Fsp3) is 0.867. The van der Waals surface area contributed by atoms with E-state index in [0.29, 0.717) is 6.42 Å². The predicted molar refractivity (Wildman–Crippen MR) is 76.5 cm³/mol. The Bertz CT molecular complexity index is 338. The number of carbonyl (C=O) groups excluding carboxylic acids is 1. The molecule has 5 nitrogen and oxygen atoms in total. The van der Waals surface area contributed by atoms with Gasteiger partial charge in [0.15, 0.2) is 0 Å². The summed E-state index contributed by atoms with van der Waals surface area (Å²) in [4.78, 5) is 25.0. The van der Waals surface area contributed by atoms with Crippen LogP contribution in [-0.2, 0) is 9.59 Å². The largest absolute Gasteiger partial charge is 0.480 e. The Balaban J connectivity index is 1.77. The van der Waals surface area contributed by atoms with Gasteiger partial charge in [0.05, 0.1) is 6.54 Å². The molecule has 1 saturated carbocycles. The molecule has 114 valence electrons. The van der Waals surface area contributed by atoms with Crippen LogP contribution in [0.25, 0.3) is 0 Å². The minimum atomic E-state index is -0.804. The Kier molecular flexibility index (Phi) is 5.83. The van der Waals surface area contributed by atoms with Crippen molar-refractivity contribution in [3.63, 3.8) is 0 Å². The normalized spacial score (nSPS) is 25.9. The van der Waals surface area contributed by atoms with Gasteiger partial charge in [0.1, 0.15) is 6.04 Å². The van der Waals surface area contributed by atoms with Gasteiger partial charge < -0.3 is 10.4 Å². The van der Waals surface area contributed by atoms with Crippen molar-refractivity contribution in [2.45, 2.75) is 69.9 Å². The van der Waals surface area contributed by atoms with E-state index in [0.717, 1.165) is 25.8 Å². The van der Waals surface area contributed by atoms with Crippen molar-refractivity contribution >= 4 is 11.9 Å². The van der Waals surface area contributed by atoms with E-state index in [-0.39, 0.29) is 18.5 Å². The Hall–Kier alpha value is -1.10. The van der Waals surface area contributed by atoms with E-state index in [2.05, 4.69) is 5.32 Å². The molecule has 1 atom stereocenters. The highest BCUT2D eigenvalue weighted by Gasteiger charge is 2.31. The highest BCUT2D eigenvalue weighted by atomic mass is 16.4. The van der Waals surface area contributed by atoms with E-state index >= 15 is 0 Å². The average molecular weight is 282 g/mol. The summed E-state index contributed by atoms with van der Waals surface area (Å²) in [6.07, 6.45) is 9.87. The fourth-order valence-electron chi connectivity index (χ4n) is 3.35. The molecule has 0 aromatic heterocycles. The van der Waals surface area contributed by atoms with Crippen LogP contribution in [-0.4, -0.2) is 47.1 Å². The summed E-state index contributed by atoms with van der Waals surface area (Å²) in [6, 6.07) is -0.188. The summed E-state index contributed by atoms with van der Waals surface area (Å²) in [5.74, 6) is -0.815. The molecular weight excluding hydrogens is 256 g/mol. The second-order valence-corrected chi connectivity index (χ2v) is 6.08. The smallest absolute Gasteiger partial charge is 0.320 e. The number of hydrogen-bond acceptors (Lipinski definition) is 3. The third-order valence-electron chi connectivity index (χ3n) is 4.47. The number of hydrogen-bond donors (Lipinski definition) is 2. The lowest BCUT2D eigenvalue weighted by atomic mass is 9.97. The first-order valence-corrected chi connectivity index (χ1v) is 7.93. The molecule has 0 radical (unpaired) electrons. The summed E-state index contributed by atoms with van der Waals surface area (Å²) in [5, 5.41) is 12.2. The fourth-order valence-corrected chi connectivity index (χ4v) is 3.35. The van der Waals surface area contributed by atoms with Gasteiger partial charge in [-0.3, -0.25) is 14.5 Å². The monoisotopic (exact) mass is 282 g/mol. The van der Waals surface area contributed by atoms with Gasteiger partial charge in [-0.25, -0.2) is 0 Å². The Morgan fingerprint density at radius 2 is 1.65 bits per heavy atom. The van der Waals surface area contributed by atoms with Gasteiger partial charge in [-0.15, -0.1) is 0 Å². The van der Waals surface area contributed by atoms with Crippen molar-refractivity contribution in [3.05, 3.63) is 0 Å². The third kappa shape index (κ3) is 4.47. The molecule has 1 aliphatic carbocycles. The van der Waals surface area contributed by atoms with Gasteiger partial charge in [-0.05, 0) is 32.2 Å². The van der Waals surface area contributed by atoms with E-state index in [1.54, 1.807) is 4.90 Å². The molecule has 0 bridgehead atoms. The summed E-state index contributed by atoms with van der Waals surface area (Å²) < 4.78 is 0. The third-order valence-corrected chi connectivity index (χ3v) is 4.47. The zero-order valence-electron chi connectivity index (χ0n) is 12.1. The molecule has 2 rings (SSSR count). The van der Waals surface area contributed by atoms with E-state index < -0.39 is 12.0 Å². The van der Waals surface area contributed by atoms with Gasteiger partial charge in [-0.2, -0.15) is 0 Å². The van der Waals surface area contributed by atoms with Crippen molar-refractivity contribution in [1.29, 1.82) is 0 Å². The van der Waals surface area contributed by atoms with Crippen LogP contribution in [0.15, 0.2) is 0 Å².